The van der Waals surface area contributed by atoms with Gasteiger partial charge in [-0.3, -0.25) is 9.59 Å². The van der Waals surface area contributed by atoms with Crippen molar-refractivity contribution in [3.05, 3.63) is 60.7 Å². The number of carbonyl (C=O) groups excluding carboxylic acids is 2. The number of esters is 2. The molecule has 0 atom stereocenters. The predicted molar refractivity (Wildman–Crippen MR) is 152 cm³/mol. The van der Waals surface area contributed by atoms with Gasteiger partial charge in [0.2, 0.25) is 0 Å². The van der Waals surface area contributed by atoms with Crippen molar-refractivity contribution in [3.8, 4) is 11.5 Å². The van der Waals surface area contributed by atoms with E-state index in [9.17, 15) is 9.59 Å². The van der Waals surface area contributed by atoms with E-state index in [-0.39, 0.29) is 0 Å². The molecule has 2 aromatic carbocycles. The van der Waals surface area contributed by atoms with E-state index in [1.54, 1.807) is 48.5 Å². The van der Waals surface area contributed by atoms with Crippen molar-refractivity contribution in [1.29, 1.82) is 0 Å². The van der Waals surface area contributed by atoms with Crippen LogP contribution in [0.2, 0.25) is 0 Å². The standard InChI is InChI=1S/C33H48O4/c1-2-3-4-5-6-7-8-9-10-11-12-13-14-15-16-23-28-31(32(34)36-29-24-19-17-20-25-29)33(35)37-30-26-21-18-22-27-30/h17-22,24-27,31H,2-16,23,28H2,1H3. The smallest absolute Gasteiger partial charge is 0.325 e. The van der Waals surface area contributed by atoms with Crippen LogP contribution in [0.15, 0.2) is 60.7 Å². The molecular formula is C33H48O4. The van der Waals surface area contributed by atoms with Gasteiger partial charge in [-0.1, -0.05) is 146 Å². The van der Waals surface area contributed by atoms with Crippen molar-refractivity contribution in [3.63, 3.8) is 0 Å². The summed E-state index contributed by atoms with van der Waals surface area (Å²) in [5, 5.41) is 0. The molecule has 0 fully saturated rings. The molecule has 0 radical (unpaired) electrons. The van der Waals surface area contributed by atoms with Gasteiger partial charge in [0.1, 0.15) is 11.5 Å². The summed E-state index contributed by atoms with van der Waals surface area (Å²) in [6.07, 6.45) is 21.0. The fourth-order valence-electron chi connectivity index (χ4n) is 4.58. The van der Waals surface area contributed by atoms with Gasteiger partial charge < -0.3 is 9.47 Å². The third-order valence-electron chi connectivity index (χ3n) is 6.84. The van der Waals surface area contributed by atoms with Gasteiger partial charge in [0, 0.05) is 0 Å². The lowest BCUT2D eigenvalue weighted by atomic mass is 9.99. The molecule has 2 rings (SSSR count). The fourth-order valence-corrected chi connectivity index (χ4v) is 4.58. The van der Waals surface area contributed by atoms with Gasteiger partial charge in [-0.05, 0) is 30.7 Å². The third kappa shape index (κ3) is 14.6. The molecule has 0 N–H and O–H groups in total. The molecule has 0 unspecified atom stereocenters. The largest absolute Gasteiger partial charge is 0.426 e. The monoisotopic (exact) mass is 508 g/mol. The molecule has 0 amide bonds. The van der Waals surface area contributed by atoms with Crippen molar-refractivity contribution in [2.45, 2.75) is 116 Å². The first kappa shape index (κ1) is 30.6. The van der Waals surface area contributed by atoms with Crippen molar-refractivity contribution < 1.29 is 19.1 Å². The van der Waals surface area contributed by atoms with E-state index >= 15 is 0 Å². The summed E-state index contributed by atoms with van der Waals surface area (Å²) < 4.78 is 10.9. The third-order valence-corrected chi connectivity index (χ3v) is 6.84. The number of benzene rings is 2. The SMILES string of the molecule is CCCCCCCCCCCCCCCCCCC(C(=O)Oc1ccccc1)C(=O)Oc1ccccc1. The van der Waals surface area contributed by atoms with Crippen LogP contribution in [0, 0.1) is 5.92 Å². The quantitative estimate of drug-likeness (QED) is 0.0729. The van der Waals surface area contributed by atoms with E-state index in [4.69, 9.17) is 9.47 Å². The number of carbonyl (C=O) groups is 2. The minimum atomic E-state index is -0.924. The second kappa shape index (κ2) is 20.4. The van der Waals surface area contributed by atoms with Gasteiger partial charge in [0.05, 0.1) is 0 Å². The second-order valence-electron chi connectivity index (χ2n) is 10.1. The lowest BCUT2D eigenvalue weighted by Crippen LogP contribution is -2.31. The number of hydrogen-bond donors (Lipinski definition) is 0. The molecule has 0 aliphatic rings. The highest BCUT2D eigenvalue weighted by Crippen LogP contribution is 2.20. The minimum Gasteiger partial charge on any atom is -0.426 e. The predicted octanol–water partition coefficient (Wildman–Crippen LogP) is 9.47. The van der Waals surface area contributed by atoms with Crippen LogP contribution in [-0.2, 0) is 9.59 Å². The zero-order valence-electron chi connectivity index (χ0n) is 23.0. The summed E-state index contributed by atoms with van der Waals surface area (Å²) >= 11 is 0. The molecule has 0 spiro atoms. The number of ether oxygens (including phenoxy) is 2. The molecule has 0 aliphatic heterocycles. The molecular weight excluding hydrogens is 460 g/mol. The maximum absolute atomic E-state index is 12.8. The Morgan fingerprint density at radius 3 is 1.19 bits per heavy atom. The number of rotatable bonds is 21. The fraction of sp³-hybridized carbons (Fsp3) is 0.576. The zero-order chi connectivity index (χ0) is 26.4. The van der Waals surface area contributed by atoms with E-state index in [0.717, 1.165) is 19.3 Å². The van der Waals surface area contributed by atoms with Crippen LogP contribution in [0.3, 0.4) is 0 Å². The Hall–Kier alpha value is -2.62. The van der Waals surface area contributed by atoms with Gasteiger partial charge in [-0.2, -0.15) is 0 Å². The molecule has 4 heteroatoms. The minimum absolute atomic E-state index is 0.440. The average molecular weight is 509 g/mol. The summed E-state index contributed by atoms with van der Waals surface area (Å²) in [5.74, 6) is -1.14. The Morgan fingerprint density at radius 1 is 0.514 bits per heavy atom. The molecule has 0 heterocycles. The molecule has 4 nitrogen and oxygen atoms in total. The highest BCUT2D eigenvalue weighted by Gasteiger charge is 2.30. The zero-order valence-corrected chi connectivity index (χ0v) is 23.0. The topological polar surface area (TPSA) is 52.6 Å². The number of unbranched alkanes of at least 4 members (excludes halogenated alkanes) is 15. The van der Waals surface area contributed by atoms with Gasteiger partial charge in [0.25, 0.3) is 0 Å². The van der Waals surface area contributed by atoms with E-state index in [0.29, 0.717) is 17.9 Å². The highest BCUT2D eigenvalue weighted by molar-refractivity contribution is 5.96. The average Bonchev–Trinajstić information content (AvgIpc) is 2.91. The summed E-state index contributed by atoms with van der Waals surface area (Å²) in [6.45, 7) is 2.27. The first-order valence-electron chi connectivity index (χ1n) is 14.7. The van der Waals surface area contributed by atoms with Gasteiger partial charge in [-0.15, -0.1) is 0 Å². The Morgan fingerprint density at radius 2 is 0.838 bits per heavy atom. The molecule has 37 heavy (non-hydrogen) atoms. The Kier molecular flexibility index (Phi) is 16.9. The summed E-state index contributed by atoms with van der Waals surface area (Å²) in [5.41, 5.74) is 0. The normalized spacial score (nSPS) is 11.0. The van der Waals surface area contributed by atoms with E-state index < -0.39 is 17.9 Å². The maximum atomic E-state index is 12.8. The van der Waals surface area contributed by atoms with Crippen LogP contribution in [0.5, 0.6) is 11.5 Å². The van der Waals surface area contributed by atoms with Crippen molar-refractivity contribution in [1.82, 2.24) is 0 Å². The van der Waals surface area contributed by atoms with Gasteiger partial charge >= 0.3 is 11.9 Å². The van der Waals surface area contributed by atoms with Crippen LogP contribution in [0.25, 0.3) is 0 Å². The number of hydrogen-bond acceptors (Lipinski definition) is 4. The molecule has 0 saturated carbocycles. The molecule has 0 saturated heterocycles. The highest BCUT2D eigenvalue weighted by atomic mass is 16.6. The first-order chi connectivity index (χ1) is 18.2. The van der Waals surface area contributed by atoms with Crippen LogP contribution in [0.4, 0.5) is 0 Å². The lowest BCUT2D eigenvalue weighted by Gasteiger charge is -2.15. The maximum Gasteiger partial charge on any atom is 0.325 e. The van der Waals surface area contributed by atoms with Crippen LogP contribution in [-0.4, -0.2) is 11.9 Å². The Labute approximate surface area is 225 Å². The lowest BCUT2D eigenvalue weighted by molar-refractivity contribution is -0.151. The molecule has 0 aliphatic carbocycles. The van der Waals surface area contributed by atoms with Crippen LogP contribution < -0.4 is 9.47 Å². The van der Waals surface area contributed by atoms with Crippen LogP contribution >= 0.6 is 0 Å². The Balaban J connectivity index is 1.59. The summed E-state index contributed by atoms with van der Waals surface area (Å²) in [7, 11) is 0. The van der Waals surface area contributed by atoms with Crippen molar-refractivity contribution >= 4 is 11.9 Å². The van der Waals surface area contributed by atoms with Gasteiger partial charge in [-0.25, -0.2) is 0 Å². The van der Waals surface area contributed by atoms with E-state index in [1.807, 2.05) is 12.1 Å². The summed E-state index contributed by atoms with van der Waals surface area (Å²) in [6, 6.07) is 17.8. The Bertz CT molecular complexity index is 780. The van der Waals surface area contributed by atoms with E-state index in [2.05, 4.69) is 6.92 Å². The van der Waals surface area contributed by atoms with Gasteiger partial charge in [0.15, 0.2) is 5.92 Å². The van der Waals surface area contributed by atoms with Crippen molar-refractivity contribution in [2.75, 3.05) is 0 Å². The number of para-hydroxylation sites is 2. The molecule has 2 aromatic rings. The van der Waals surface area contributed by atoms with Crippen LogP contribution in [0.1, 0.15) is 116 Å². The van der Waals surface area contributed by atoms with Crippen molar-refractivity contribution in [2.24, 2.45) is 5.92 Å². The first-order valence-corrected chi connectivity index (χ1v) is 14.7. The summed E-state index contributed by atoms with van der Waals surface area (Å²) in [4.78, 5) is 25.6. The molecule has 0 aromatic heterocycles. The van der Waals surface area contributed by atoms with E-state index in [1.165, 1.54) is 83.5 Å². The second-order valence-corrected chi connectivity index (χ2v) is 10.1. The molecule has 204 valence electrons. The molecule has 0 bridgehead atoms.